The fraction of sp³-hybridized carbons (Fsp3) is 0. The van der Waals surface area contributed by atoms with Gasteiger partial charge >= 0.3 is 0 Å². The first kappa shape index (κ1) is 20.3. The van der Waals surface area contributed by atoms with Crippen LogP contribution in [-0.2, 0) is 0 Å². The topological polar surface area (TPSA) is 198 Å². The van der Waals surface area contributed by atoms with Crippen molar-refractivity contribution in [3.63, 3.8) is 0 Å². The van der Waals surface area contributed by atoms with Gasteiger partial charge in [0.05, 0.1) is 11.6 Å². The maximum absolute atomic E-state index is 8.26. The molecule has 0 unspecified atom stereocenters. The van der Waals surface area contributed by atoms with Crippen molar-refractivity contribution < 1.29 is 5.48 Å². The maximum atomic E-state index is 8.26. The number of hydrogen-bond donors (Lipinski definition) is 4. The van der Waals surface area contributed by atoms with Crippen molar-refractivity contribution in [1.29, 1.82) is 5.26 Å². The van der Waals surface area contributed by atoms with Gasteiger partial charge in [-0.05, 0) is 24.3 Å². The molecule has 0 fully saturated rings. The normalized spacial score (nSPS) is 8.71. The molecule has 0 bridgehead atoms. The highest BCUT2D eigenvalue weighted by Crippen LogP contribution is 1.93. The van der Waals surface area contributed by atoms with E-state index in [0.717, 1.165) is 5.56 Å². The van der Waals surface area contributed by atoms with E-state index in [4.69, 9.17) is 16.8 Å². The van der Waals surface area contributed by atoms with E-state index in [0.29, 0.717) is 11.4 Å². The van der Waals surface area contributed by atoms with Crippen LogP contribution in [0.15, 0.2) is 54.2 Å². The lowest BCUT2D eigenvalue weighted by Gasteiger charge is -1.94. The summed E-state index contributed by atoms with van der Waals surface area (Å²) in [5.74, 6) is 13.3. The number of nitrogens with two attached hydrogens (primary N) is 4. The van der Waals surface area contributed by atoms with E-state index in [1.165, 1.54) is 0 Å². The second-order valence-corrected chi connectivity index (χ2v) is 3.10. The van der Waals surface area contributed by atoms with Gasteiger partial charge in [-0.15, -0.1) is 0 Å². The third kappa shape index (κ3) is 8.62. The van der Waals surface area contributed by atoms with Crippen LogP contribution in [0.3, 0.4) is 0 Å². The highest BCUT2D eigenvalue weighted by atomic mass is 16.0. The predicted molar refractivity (Wildman–Crippen MR) is 80.1 cm³/mol. The van der Waals surface area contributed by atoms with Crippen molar-refractivity contribution in [2.45, 2.75) is 0 Å². The molecule has 0 radical (unpaired) electrons. The van der Waals surface area contributed by atoms with E-state index in [2.05, 4.69) is 26.8 Å². The van der Waals surface area contributed by atoms with Crippen molar-refractivity contribution in [1.82, 2.24) is 9.97 Å². The first-order chi connectivity index (χ1) is 9.77. The second-order valence-electron chi connectivity index (χ2n) is 3.10. The van der Waals surface area contributed by atoms with Gasteiger partial charge < -0.3 is 17.1 Å². The van der Waals surface area contributed by atoms with Gasteiger partial charge in [-0.3, -0.25) is 21.7 Å². The van der Waals surface area contributed by atoms with Crippen LogP contribution in [-0.4, -0.2) is 21.3 Å². The number of hydrazine groups is 1. The van der Waals surface area contributed by atoms with Crippen LogP contribution in [0.1, 0.15) is 11.1 Å². The largest absolute Gasteiger partial charge is 0.412 e. The van der Waals surface area contributed by atoms with Crippen molar-refractivity contribution in [3.8, 4) is 6.07 Å². The number of hydrogen-bond acceptors (Lipinski definition) is 7. The fourth-order valence-electron chi connectivity index (χ4n) is 1.02. The molecule has 2 aromatic heterocycles. The number of aromatic nitrogens is 2. The van der Waals surface area contributed by atoms with Crippen LogP contribution < -0.4 is 23.3 Å². The first-order valence-corrected chi connectivity index (χ1v) is 5.35. The minimum Gasteiger partial charge on any atom is -0.412 e. The summed E-state index contributed by atoms with van der Waals surface area (Å²) in [5, 5.41) is 11.6. The van der Waals surface area contributed by atoms with Gasteiger partial charge in [0, 0.05) is 30.4 Å². The summed E-state index contributed by atoms with van der Waals surface area (Å²) in [5.41, 5.74) is 6.83. The Bertz CT molecular complexity index is 538. The Morgan fingerprint density at radius 2 is 1.43 bits per heavy atom. The van der Waals surface area contributed by atoms with E-state index in [1.54, 1.807) is 49.1 Å². The van der Waals surface area contributed by atoms with E-state index in [1.807, 2.05) is 6.07 Å². The zero-order valence-corrected chi connectivity index (χ0v) is 11.2. The van der Waals surface area contributed by atoms with Crippen LogP contribution >= 0.6 is 0 Å². The molecule has 0 aliphatic carbocycles. The van der Waals surface area contributed by atoms with Crippen molar-refractivity contribution >= 4 is 5.84 Å². The van der Waals surface area contributed by atoms with Crippen LogP contribution in [0, 0.1) is 11.3 Å². The van der Waals surface area contributed by atoms with Gasteiger partial charge in [0.2, 0.25) is 0 Å². The van der Waals surface area contributed by atoms with Gasteiger partial charge in [-0.1, -0.05) is 0 Å². The molecule has 9 heteroatoms. The Morgan fingerprint density at radius 3 is 1.76 bits per heavy atom. The van der Waals surface area contributed by atoms with Crippen LogP contribution in [0.25, 0.3) is 0 Å². The Hall–Kier alpha value is -3.06. The molecule has 9 nitrogen and oxygen atoms in total. The molecule has 0 aromatic carbocycles. The molecule has 2 aromatic rings. The SMILES string of the molecule is N#Cc1ccncc1.N/N=C(\N)c1ccncc1.NN.O. The summed E-state index contributed by atoms with van der Waals surface area (Å²) < 4.78 is 0. The van der Waals surface area contributed by atoms with Crippen LogP contribution in [0.5, 0.6) is 0 Å². The summed E-state index contributed by atoms with van der Waals surface area (Å²) in [6.07, 6.45) is 6.46. The lowest BCUT2D eigenvalue weighted by molar-refractivity contribution is 0.824. The third-order valence-electron chi connectivity index (χ3n) is 1.92. The maximum Gasteiger partial charge on any atom is 0.150 e. The summed E-state index contributed by atoms with van der Waals surface area (Å²) >= 11 is 0. The predicted octanol–water partition coefficient (Wildman–Crippen LogP) is -1.39. The molecule has 0 saturated carbocycles. The lowest BCUT2D eigenvalue weighted by atomic mass is 10.2. The number of pyridine rings is 2. The molecule has 2 heterocycles. The third-order valence-corrected chi connectivity index (χ3v) is 1.92. The summed E-state index contributed by atoms with van der Waals surface area (Å²) in [7, 11) is 0. The minimum absolute atomic E-state index is 0. The molecular weight excluding hydrogens is 272 g/mol. The van der Waals surface area contributed by atoms with Crippen molar-refractivity contribution in [3.05, 3.63) is 60.2 Å². The second kappa shape index (κ2) is 13.4. The molecule has 112 valence electrons. The Morgan fingerprint density at radius 1 is 1.00 bits per heavy atom. The van der Waals surface area contributed by atoms with E-state index in [9.17, 15) is 0 Å². The van der Waals surface area contributed by atoms with E-state index < -0.39 is 0 Å². The molecule has 0 aliphatic rings. The lowest BCUT2D eigenvalue weighted by Crippen LogP contribution is -2.15. The summed E-state index contributed by atoms with van der Waals surface area (Å²) in [4.78, 5) is 7.55. The fourth-order valence-corrected chi connectivity index (χ4v) is 1.02. The van der Waals surface area contributed by atoms with Crippen molar-refractivity contribution in [2.24, 2.45) is 28.4 Å². The molecule has 2 rings (SSSR count). The Labute approximate surface area is 122 Å². The number of rotatable bonds is 1. The molecule has 0 atom stereocenters. The number of nitriles is 1. The van der Waals surface area contributed by atoms with Gasteiger partial charge in [0.1, 0.15) is 5.84 Å². The molecular formula is C12H18N8O. The van der Waals surface area contributed by atoms with Crippen LogP contribution in [0.2, 0.25) is 0 Å². The molecule has 10 N–H and O–H groups in total. The zero-order valence-electron chi connectivity index (χ0n) is 11.2. The summed E-state index contributed by atoms with van der Waals surface area (Å²) in [6.45, 7) is 0. The Balaban J connectivity index is 0. The molecule has 21 heavy (non-hydrogen) atoms. The zero-order chi connectivity index (χ0) is 15.2. The number of amidine groups is 1. The number of nitrogens with zero attached hydrogens (tertiary/aromatic N) is 4. The van der Waals surface area contributed by atoms with Crippen LogP contribution in [0.4, 0.5) is 0 Å². The van der Waals surface area contributed by atoms with E-state index in [-0.39, 0.29) is 5.48 Å². The smallest absolute Gasteiger partial charge is 0.150 e. The molecule has 0 aliphatic heterocycles. The highest BCUT2D eigenvalue weighted by molar-refractivity contribution is 5.96. The standard InChI is InChI=1S/C6H8N4.C6H4N2.H4N2.H2O/c7-6(10-8)5-1-3-9-4-2-5;7-5-6-1-3-8-4-2-6;1-2;/h1-4H,8H2,(H2,7,10);1-4H;1-2H2;1H2. The molecule has 0 saturated heterocycles. The average molecular weight is 290 g/mol. The first-order valence-electron chi connectivity index (χ1n) is 5.35. The highest BCUT2D eigenvalue weighted by Gasteiger charge is 1.93. The van der Waals surface area contributed by atoms with E-state index >= 15 is 0 Å². The minimum atomic E-state index is 0. The van der Waals surface area contributed by atoms with Crippen molar-refractivity contribution in [2.75, 3.05) is 0 Å². The monoisotopic (exact) mass is 290 g/mol. The van der Waals surface area contributed by atoms with Gasteiger partial charge in [-0.25, -0.2) is 0 Å². The Kier molecular flexibility index (Phi) is 12.9. The average Bonchev–Trinajstić information content (AvgIpc) is 2.58. The molecule has 0 spiro atoms. The van der Waals surface area contributed by atoms with Gasteiger partial charge in [0.25, 0.3) is 0 Å². The molecule has 0 amide bonds. The van der Waals surface area contributed by atoms with Gasteiger partial charge in [0.15, 0.2) is 0 Å². The van der Waals surface area contributed by atoms with Gasteiger partial charge in [-0.2, -0.15) is 10.4 Å². The quantitative estimate of drug-likeness (QED) is 0.214. The summed E-state index contributed by atoms with van der Waals surface area (Å²) in [6, 6.07) is 8.80. The number of hydrazone groups is 1.